The van der Waals surface area contributed by atoms with Gasteiger partial charge in [0.1, 0.15) is 5.75 Å². The fourth-order valence-electron chi connectivity index (χ4n) is 2.16. The molecule has 2 aromatic rings. The zero-order valence-corrected chi connectivity index (χ0v) is 13.7. The van der Waals surface area contributed by atoms with E-state index < -0.39 is 0 Å². The second kappa shape index (κ2) is 8.44. The van der Waals surface area contributed by atoms with E-state index >= 15 is 0 Å². The molecule has 2 rings (SSSR count). The quantitative estimate of drug-likeness (QED) is 0.723. The van der Waals surface area contributed by atoms with E-state index in [9.17, 15) is 0 Å². The summed E-state index contributed by atoms with van der Waals surface area (Å²) in [5, 5.41) is 6.85. The maximum atomic E-state index is 5.64. The summed E-state index contributed by atoms with van der Waals surface area (Å²) < 4.78 is 5.64. The second-order valence-corrected chi connectivity index (χ2v) is 5.78. The second-order valence-electron chi connectivity index (χ2n) is 5.78. The van der Waals surface area contributed by atoms with Gasteiger partial charge in [-0.3, -0.25) is 0 Å². The molecule has 0 aromatic heterocycles. The summed E-state index contributed by atoms with van der Waals surface area (Å²) in [5.41, 5.74) is 3.72. The number of anilines is 1. The Bertz CT molecular complexity index is 547. The van der Waals surface area contributed by atoms with Crippen LogP contribution in [0, 0.1) is 6.92 Å². The van der Waals surface area contributed by atoms with Crippen molar-refractivity contribution in [3.8, 4) is 5.75 Å². The molecule has 0 atom stereocenters. The average Bonchev–Trinajstić information content (AvgIpc) is 2.50. The van der Waals surface area contributed by atoms with E-state index in [0.717, 1.165) is 25.4 Å². The van der Waals surface area contributed by atoms with Gasteiger partial charge < -0.3 is 15.4 Å². The van der Waals surface area contributed by atoms with Gasteiger partial charge in [-0.2, -0.15) is 0 Å². The van der Waals surface area contributed by atoms with Crippen molar-refractivity contribution in [3.63, 3.8) is 0 Å². The number of aryl methyl sites for hydroxylation is 1. The highest BCUT2D eigenvalue weighted by Gasteiger charge is 1.98. The predicted octanol–water partition coefficient (Wildman–Crippen LogP) is 3.98. The Kier molecular flexibility index (Phi) is 6.28. The third kappa shape index (κ3) is 5.78. The maximum Gasteiger partial charge on any atom is 0.119 e. The van der Waals surface area contributed by atoms with E-state index in [0.29, 0.717) is 0 Å². The third-order valence-electron chi connectivity index (χ3n) is 3.31. The fraction of sp³-hybridized carbons (Fsp3) is 0.368. The predicted molar refractivity (Wildman–Crippen MR) is 93.6 cm³/mol. The first-order valence-corrected chi connectivity index (χ1v) is 7.90. The van der Waals surface area contributed by atoms with Crippen LogP contribution in [0.4, 0.5) is 5.69 Å². The summed E-state index contributed by atoms with van der Waals surface area (Å²) >= 11 is 0. The fourth-order valence-corrected chi connectivity index (χ4v) is 2.16. The molecule has 118 valence electrons. The third-order valence-corrected chi connectivity index (χ3v) is 3.31. The molecule has 3 heteroatoms. The summed E-state index contributed by atoms with van der Waals surface area (Å²) in [6.07, 6.45) is 0.219. The Hall–Kier alpha value is -2.00. The molecule has 0 fully saturated rings. The van der Waals surface area contributed by atoms with Crippen LogP contribution < -0.4 is 15.4 Å². The van der Waals surface area contributed by atoms with E-state index in [1.807, 2.05) is 26.0 Å². The summed E-state index contributed by atoms with van der Waals surface area (Å²) in [5.74, 6) is 0.930. The Labute approximate surface area is 133 Å². The number of hydrogen-bond acceptors (Lipinski definition) is 3. The molecule has 0 aliphatic heterocycles. The van der Waals surface area contributed by atoms with Crippen molar-refractivity contribution in [2.24, 2.45) is 0 Å². The van der Waals surface area contributed by atoms with Gasteiger partial charge in [-0.05, 0) is 50.6 Å². The highest BCUT2D eigenvalue weighted by atomic mass is 16.5. The van der Waals surface area contributed by atoms with E-state index in [1.54, 1.807) is 0 Å². The van der Waals surface area contributed by atoms with Crippen LogP contribution in [0.2, 0.25) is 0 Å². The smallest absolute Gasteiger partial charge is 0.119 e. The van der Waals surface area contributed by atoms with Gasteiger partial charge in [0.25, 0.3) is 0 Å². The number of ether oxygens (including phenoxy) is 1. The monoisotopic (exact) mass is 298 g/mol. The molecule has 0 saturated carbocycles. The normalized spacial score (nSPS) is 10.7. The van der Waals surface area contributed by atoms with E-state index in [4.69, 9.17) is 4.74 Å². The van der Waals surface area contributed by atoms with Crippen molar-refractivity contribution in [3.05, 3.63) is 59.7 Å². The van der Waals surface area contributed by atoms with Gasteiger partial charge in [-0.25, -0.2) is 0 Å². The zero-order chi connectivity index (χ0) is 15.8. The molecule has 0 spiro atoms. The van der Waals surface area contributed by atoms with E-state index in [1.165, 1.54) is 16.8 Å². The lowest BCUT2D eigenvalue weighted by molar-refractivity contribution is 0.242. The van der Waals surface area contributed by atoms with Crippen LogP contribution in [0.15, 0.2) is 48.5 Å². The first-order valence-electron chi connectivity index (χ1n) is 7.90. The van der Waals surface area contributed by atoms with Gasteiger partial charge >= 0.3 is 0 Å². The van der Waals surface area contributed by atoms with Crippen molar-refractivity contribution in [2.75, 3.05) is 18.4 Å². The Morgan fingerprint density at radius 3 is 2.23 bits per heavy atom. The molecule has 0 radical (unpaired) electrons. The number of hydrogen-bond donors (Lipinski definition) is 2. The summed E-state index contributed by atoms with van der Waals surface area (Å²) in [7, 11) is 0. The van der Waals surface area contributed by atoms with Crippen LogP contribution >= 0.6 is 0 Å². The first kappa shape index (κ1) is 16.4. The molecular formula is C19H26N2O. The first-order chi connectivity index (χ1) is 10.6. The molecule has 0 saturated heterocycles. The molecule has 0 bridgehead atoms. The Balaban J connectivity index is 1.65. The number of nitrogens with one attached hydrogen (secondary N) is 2. The maximum absolute atomic E-state index is 5.64. The molecule has 3 nitrogen and oxygen atoms in total. The lowest BCUT2D eigenvalue weighted by atomic mass is 10.2. The highest BCUT2D eigenvalue weighted by Crippen LogP contribution is 2.13. The van der Waals surface area contributed by atoms with Crippen molar-refractivity contribution in [1.82, 2.24) is 5.32 Å². The van der Waals surface area contributed by atoms with Gasteiger partial charge in [0.05, 0.1) is 6.10 Å². The minimum atomic E-state index is 0.219. The standard InChI is InChI=1S/C19H26N2O/c1-15(2)22-19-10-6-17(7-11-19)14-20-12-13-21-18-8-4-16(3)5-9-18/h4-11,15,20-21H,12-14H2,1-3H3. The molecule has 0 amide bonds. The SMILES string of the molecule is Cc1ccc(NCCNCc2ccc(OC(C)C)cc2)cc1. The lowest BCUT2D eigenvalue weighted by Gasteiger charge is -2.11. The van der Waals surface area contributed by atoms with E-state index in [-0.39, 0.29) is 6.10 Å². The van der Waals surface area contributed by atoms with Crippen molar-refractivity contribution >= 4 is 5.69 Å². The van der Waals surface area contributed by atoms with Crippen LogP contribution in [-0.4, -0.2) is 19.2 Å². The minimum absolute atomic E-state index is 0.219. The summed E-state index contributed by atoms with van der Waals surface area (Å²) in [4.78, 5) is 0. The zero-order valence-electron chi connectivity index (χ0n) is 13.7. The largest absolute Gasteiger partial charge is 0.491 e. The minimum Gasteiger partial charge on any atom is -0.491 e. The van der Waals surface area contributed by atoms with Gasteiger partial charge in [-0.1, -0.05) is 29.8 Å². The van der Waals surface area contributed by atoms with Gasteiger partial charge in [0.2, 0.25) is 0 Å². The molecule has 0 unspecified atom stereocenters. The molecule has 2 N–H and O–H groups in total. The van der Waals surface area contributed by atoms with Crippen LogP contribution in [-0.2, 0) is 6.54 Å². The van der Waals surface area contributed by atoms with Gasteiger partial charge in [-0.15, -0.1) is 0 Å². The summed E-state index contributed by atoms with van der Waals surface area (Å²) in [6, 6.07) is 16.7. The number of rotatable bonds is 8. The van der Waals surface area contributed by atoms with Crippen molar-refractivity contribution in [2.45, 2.75) is 33.4 Å². The van der Waals surface area contributed by atoms with Crippen LogP contribution in [0.3, 0.4) is 0 Å². The van der Waals surface area contributed by atoms with Crippen molar-refractivity contribution < 1.29 is 4.74 Å². The van der Waals surface area contributed by atoms with Gasteiger partial charge in [0, 0.05) is 25.3 Å². The number of benzene rings is 2. The van der Waals surface area contributed by atoms with Crippen molar-refractivity contribution in [1.29, 1.82) is 0 Å². The molecule has 0 aliphatic carbocycles. The molecule has 0 heterocycles. The molecule has 22 heavy (non-hydrogen) atoms. The molecule has 0 aliphatic rings. The molecule has 2 aromatic carbocycles. The lowest BCUT2D eigenvalue weighted by Crippen LogP contribution is -2.21. The van der Waals surface area contributed by atoms with Gasteiger partial charge in [0.15, 0.2) is 0 Å². The van der Waals surface area contributed by atoms with Crippen LogP contribution in [0.25, 0.3) is 0 Å². The summed E-state index contributed by atoms with van der Waals surface area (Å²) in [6.45, 7) is 8.89. The molecular weight excluding hydrogens is 272 g/mol. The van der Waals surface area contributed by atoms with E-state index in [2.05, 4.69) is 54.0 Å². The Morgan fingerprint density at radius 2 is 1.59 bits per heavy atom. The van der Waals surface area contributed by atoms with Crippen LogP contribution in [0.1, 0.15) is 25.0 Å². The topological polar surface area (TPSA) is 33.3 Å². The van der Waals surface area contributed by atoms with Crippen LogP contribution in [0.5, 0.6) is 5.75 Å². The Morgan fingerprint density at radius 1 is 0.909 bits per heavy atom. The highest BCUT2D eigenvalue weighted by molar-refractivity contribution is 5.44. The average molecular weight is 298 g/mol.